The molecule has 0 saturated carbocycles. The maximum atomic E-state index is 2.49. The van der Waals surface area contributed by atoms with Gasteiger partial charge in [0.05, 0.1) is 0 Å². The van der Waals surface area contributed by atoms with E-state index in [2.05, 4.69) is 270 Å². The zero-order chi connectivity index (χ0) is 48.2. The van der Waals surface area contributed by atoms with Crippen LogP contribution in [0.25, 0.3) is 50.8 Å². The molecule has 13 rings (SSSR count). The van der Waals surface area contributed by atoms with Crippen LogP contribution >= 0.6 is 0 Å². The van der Waals surface area contributed by atoms with Gasteiger partial charge in [0.2, 0.25) is 0 Å². The second kappa shape index (κ2) is 16.1. The Kier molecular flexibility index (Phi) is 9.75. The fourth-order valence-electron chi connectivity index (χ4n) is 12.7. The molecule has 4 aliphatic rings. The number of benzene rings is 9. The van der Waals surface area contributed by atoms with Gasteiger partial charge in [-0.2, -0.15) is 0 Å². The molecule has 0 unspecified atom stereocenters. The molecule has 0 N–H and O–H groups in total. The predicted octanol–water partition coefficient (Wildman–Crippen LogP) is 19.0. The molecule has 344 valence electrons. The summed E-state index contributed by atoms with van der Waals surface area (Å²) >= 11 is 0. The molecule has 9 aromatic carbocycles. The Morgan fingerprint density at radius 2 is 0.761 bits per heavy atom. The summed E-state index contributed by atoms with van der Waals surface area (Å²) in [5.74, 6) is 0. The van der Waals surface area contributed by atoms with Crippen LogP contribution in [0.15, 0.2) is 212 Å². The van der Waals surface area contributed by atoms with Gasteiger partial charge in [0.15, 0.2) is 0 Å². The van der Waals surface area contributed by atoms with Crippen LogP contribution in [-0.4, -0.2) is 0 Å². The molecule has 4 aliphatic carbocycles. The highest BCUT2D eigenvalue weighted by atomic mass is 15.1. The van der Waals surface area contributed by atoms with Crippen LogP contribution in [0.4, 0.5) is 34.1 Å². The smallest absolute Gasteiger partial charge is 0.0468 e. The third kappa shape index (κ3) is 6.83. The highest BCUT2D eigenvalue weighted by molar-refractivity contribution is 5.94. The monoisotopic (exact) mass is 914 g/mol. The van der Waals surface area contributed by atoms with E-state index in [9.17, 15) is 0 Å². The molecule has 0 fully saturated rings. The number of allylic oxidation sites excluding steroid dienone is 4. The minimum Gasteiger partial charge on any atom is -0.310 e. The summed E-state index contributed by atoms with van der Waals surface area (Å²) in [6.07, 6.45) is 11.6. The largest absolute Gasteiger partial charge is 0.310 e. The van der Waals surface area contributed by atoms with Gasteiger partial charge in [-0.05, 0) is 169 Å². The first-order valence-corrected chi connectivity index (χ1v) is 25.5. The van der Waals surface area contributed by atoms with E-state index in [1.54, 1.807) is 5.57 Å². The number of hydrogen-bond donors (Lipinski definition) is 0. The summed E-state index contributed by atoms with van der Waals surface area (Å²) in [4.78, 5) is 4.85. The van der Waals surface area contributed by atoms with E-state index in [1.807, 2.05) is 0 Å². The van der Waals surface area contributed by atoms with Crippen molar-refractivity contribution in [1.29, 1.82) is 0 Å². The Balaban J connectivity index is 0.815. The van der Waals surface area contributed by atoms with Gasteiger partial charge in [0.25, 0.3) is 0 Å². The van der Waals surface area contributed by atoms with Gasteiger partial charge in [-0.1, -0.05) is 193 Å². The van der Waals surface area contributed by atoms with Crippen LogP contribution in [-0.2, 0) is 16.2 Å². The SMILES string of the molecule is CC1(C)C2=C(C=CCC2)c2ccc(N(c3ccc4c(c3)C(C)(C)c3cc(/C=C/c5ccc6c(c5)C(C)(C)c5cc(N(c7ccccc7)c7ccccc7)ccc5-6)ccc3-4)c3ccc4ccccc4c3)cc21. The highest BCUT2D eigenvalue weighted by Gasteiger charge is 2.40. The second-order valence-electron chi connectivity index (χ2n) is 21.7. The lowest BCUT2D eigenvalue weighted by Gasteiger charge is -2.30. The van der Waals surface area contributed by atoms with E-state index in [1.165, 1.54) is 106 Å². The van der Waals surface area contributed by atoms with E-state index in [0.717, 1.165) is 24.2 Å². The third-order valence-corrected chi connectivity index (χ3v) is 16.5. The van der Waals surface area contributed by atoms with E-state index in [-0.39, 0.29) is 16.2 Å². The van der Waals surface area contributed by atoms with Crippen molar-refractivity contribution < 1.29 is 0 Å². The van der Waals surface area contributed by atoms with Crippen LogP contribution in [0.5, 0.6) is 0 Å². The number of nitrogens with zero attached hydrogens (tertiary/aromatic N) is 2. The van der Waals surface area contributed by atoms with Crippen LogP contribution in [0, 0.1) is 0 Å². The highest BCUT2D eigenvalue weighted by Crippen LogP contribution is 2.55. The average Bonchev–Trinajstić information content (AvgIpc) is 3.87. The van der Waals surface area contributed by atoms with Crippen molar-refractivity contribution in [3.05, 3.63) is 256 Å². The van der Waals surface area contributed by atoms with Crippen molar-refractivity contribution in [1.82, 2.24) is 0 Å². The summed E-state index contributed by atoms with van der Waals surface area (Å²) in [5, 5.41) is 2.49. The number of anilines is 6. The quantitative estimate of drug-likeness (QED) is 0.140. The maximum absolute atomic E-state index is 2.49. The van der Waals surface area contributed by atoms with Crippen molar-refractivity contribution in [2.45, 2.75) is 70.6 Å². The van der Waals surface area contributed by atoms with Gasteiger partial charge < -0.3 is 9.80 Å². The molecule has 0 spiro atoms. The third-order valence-electron chi connectivity index (χ3n) is 16.5. The lowest BCUT2D eigenvalue weighted by Crippen LogP contribution is -2.19. The summed E-state index contributed by atoms with van der Waals surface area (Å²) in [6, 6.07) is 72.5. The average molecular weight is 915 g/mol. The minimum atomic E-state index is -0.201. The predicted molar refractivity (Wildman–Crippen MR) is 302 cm³/mol. The number of hydrogen-bond acceptors (Lipinski definition) is 2. The van der Waals surface area contributed by atoms with Crippen molar-refractivity contribution in [3.8, 4) is 22.3 Å². The first-order chi connectivity index (χ1) is 34.4. The van der Waals surface area contributed by atoms with E-state index in [4.69, 9.17) is 0 Å². The summed E-state index contributed by atoms with van der Waals surface area (Å²) in [5.41, 5.74) is 25.6. The van der Waals surface area contributed by atoms with E-state index < -0.39 is 0 Å². The van der Waals surface area contributed by atoms with Crippen molar-refractivity contribution in [2.24, 2.45) is 0 Å². The van der Waals surface area contributed by atoms with Gasteiger partial charge in [-0.15, -0.1) is 0 Å². The molecule has 0 radical (unpaired) electrons. The molecule has 0 saturated heterocycles. The topological polar surface area (TPSA) is 6.48 Å². The van der Waals surface area contributed by atoms with Crippen LogP contribution < -0.4 is 9.80 Å². The molecular formula is C69H58N2. The normalized spacial score (nSPS) is 16.1. The van der Waals surface area contributed by atoms with Crippen LogP contribution in [0.2, 0.25) is 0 Å². The molecule has 0 aliphatic heterocycles. The fraction of sp³-hybridized carbons (Fsp3) is 0.159. The molecule has 9 aromatic rings. The van der Waals surface area contributed by atoms with E-state index in [0.29, 0.717) is 0 Å². The summed E-state index contributed by atoms with van der Waals surface area (Å²) < 4.78 is 0. The molecule has 2 heteroatoms. The zero-order valence-corrected chi connectivity index (χ0v) is 41.6. The van der Waals surface area contributed by atoms with Crippen molar-refractivity contribution in [2.75, 3.05) is 9.80 Å². The minimum absolute atomic E-state index is 0.0174. The number of fused-ring (bicyclic) bond motifs is 9. The maximum Gasteiger partial charge on any atom is 0.0468 e. The van der Waals surface area contributed by atoms with Crippen LogP contribution in [0.3, 0.4) is 0 Å². The molecule has 0 aromatic heterocycles. The van der Waals surface area contributed by atoms with Crippen molar-refractivity contribution >= 4 is 62.6 Å². The summed E-state index contributed by atoms with van der Waals surface area (Å²) in [7, 11) is 0. The van der Waals surface area contributed by atoms with Gasteiger partial charge in [-0.3, -0.25) is 0 Å². The first kappa shape index (κ1) is 43.1. The van der Waals surface area contributed by atoms with Gasteiger partial charge in [-0.25, -0.2) is 0 Å². The lowest BCUT2D eigenvalue weighted by atomic mass is 9.78. The van der Waals surface area contributed by atoms with E-state index >= 15 is 0 Å². The fourth-order valence-corrected chi connectivity index (χ4v) is 12.7. The Morgan fingerprint density at radius 3 is 1.30 bits per heavy atom. The Labute approximate surface area is 419 Å². The number of rotatable bonds is 8. The Hall–Kier alpha value is -7.94. The molecule has 0 atom stereocenters. The molecular weight excluding hydrogens is 857 g/mol. The van der Waals surface area contributed by atoms with Gasteiger partial charge >= 0.3 is 0 Å². The molecule has 0 amide bonds. The molecule has 71 heavy (non-hydrogen) atoms. The lowest BCUT2D eigenvalue weighted by molar-refractivity contribution is 0.607. The molecule has 0 heterocycles. The molecule has 0 bridgehead atoms. The van der Waals surface area contributed by atoms with Gasteiger partial charge in [0, 0.05) is 50.4 Å². The standard InChI is InChI=1S/C69H58N2/c1-67(2)61-24-16-15-23-55(61)58-36-32-53(43-64(58)67)71(51-30-29-47-17-13-14-18-48(47)41-51)54-33-38-60-57-35-28-46(40-63(57)69(5,6)66(60)44-54)26-25-45-27-34-56-59-37-31-52(42-65(59)68(3,4)62(56)39-45)70(49-19-9-7-10-20-49)50-21-11-8-12-22-50/h7-15,17-23,25-44H,16,24H2,1-6H3/b26-25+. The molecule has 2 nitrogen and oxygen atoms in total. The number of para-hydroxylation sites is 2. The van der Waals surface area contributed by atoms with Crippen molar-refractivity contribution in [3.63, 3.8) is 0 Å². The second-order valence-corrected chi connectivity index (χ2v) is 21.7. The zero-order valence-electron chi connectivity index (χ0n) is 41.6. The van der Waals surface area contributed by atoms with Gasteiger partial charge in [0.1, 0.15) is 0 Å². The van der Waals surface area contributed by atoms with Crippen LogP contribution in [0.1, 0.15) is 98.9 Å². The Morgan fingerprint density at radius 1 is 0.352 bits per heavy atom. The first-order valence-electron chi connectivity index (χ1n) is 25.5. The summed E-state index contributed by atoms with van der Waals surface area (Å²) in [6.45, 7) is 14.4. The Bertz CT molecular complexity index is 3690.